The average molecular weight is 599 g/mol. The number of rotatable bonds is 8. The number of aromatic nitrogens is 1. The highest BCUT2D eigenvalue weighted by molar-refractivity contribution is 7.21. The van der Waals surface area contributed by atoms with Crippen molar-refractivity contribution in [3.8, 4) is 11.5 Å². The van der Waals surface area contributed by atoms with Gasteiger partial charge in [-0.1, -0.05) is 18.2 Å². The molecule has 0 bridgehead atoms. The van der Waals surface area contributed by atoms with Crippen LogP contribution in [0.25, 0.3) is 10.2 Å². The Morgan fingerprint density at radius 1 is 1.12 bits per heavy atom. The highest BCUT2D eigenvalue weighted by Gasteiger charge is 2.34. The molecular weight excluding hydrogens is 564 g/mol. The van der Waals surface area contributed by atoms with Crippen LogP contribution in [0.4, 0.5) is 21.9 Å². The van der Waals surface area contributed by atoms with Crippen molar-refractivity contribution >= 4 is 56.5 Å². The van der Waals surface area contributed by atoms with Crippen LogP contribution < -0.4 is 20.3 Å². The minimum Gasteiger partial charge on any atom is -0.457 e. The Morgan fingerprint density at radius 3 is 2.70 bits per heavy atom. The predicted octanol–water partition coefficient (Wildman–Crippen LogP) is 5.75. The maximum Gasteiger partial charge on any atom is 0.331 e. The van der Waals surface area contributed by atoms with Crippen LogP contribution in [-0.2, 0) is 4.79 Å². The Labute approximate surface area is 254 Å². The lowest BCUT2D eigenvalue weighted by Crippen LogP contribution is -2.50. The molecule has 1 atom stereocenters. The van der Waals surface area contributed by atoms with Gasteiger partial charge in [0.25, 0.3) is 5.91 Å². The molecule has 0 saturated carbocycles. The summed E-state index contributed by atoms with van der Waals surface area (Å²) in [5.41, 5.74) is 2.69. The van der Waals surface area contributed by atoms with Gasteiger partial charge in [-0.3, -0.25) is 14.5 Å². The van der Waals surface area contributed by atoms with E-state index in [-0.39, 0.29) is 23.9 Å². The molecule has 0 aliphatic carbocycles. The lowest BCUT2D eigenvalue weighted by molar-refractivity contribution is -0.132. The number of urea groups is 1. The molecule has 0 radical (unpaired) electrons. The van der Waals surface area contributed by atoms with E-state index in [0.717, 1.165) is 29.5 Å². The molecule has 2 aliphatic rings. The molecule has 2 N–H and O–H groups in total. The Balaban J connectivity index is 1.23. The number of ether oxygens (including phenoxy) is 1. The summed E-state index contributed by atoms with van der Waals surface area (Å²) < 4.78 is 5.98. The van der Waals surface area contributed by atoms with Crippen LogP contribution >= 0.6 is 11.3 Å². The second-order valence-corrected chi connectivity index (χ2v) is 12.2. The number of likely N-dealkylation sites (tertiary alicyclic amines) is 1. The summed E-state index contributed by atoms with van der Waals surface area (Å²) in [5, 5.41) is 6.82. The standard InChI is InChI=1S/C32H34N6O4S/c1-20-18-23(42-22-9-5-4-6-10-22)11-12-24(20)38-25-13-15-33-31-27(25)28(35-32(38)41)29(43-31)30(40)34-21-8-7-16-37(19-21)26(39)14-17-36(2)3/h4-6,9-13,15,18,21H,7-8,14,16-17,19H2,1-3H3,(H,34,40)(H,35,41)/t21-/m1/s1. The summed E-state index contributed by atoms with van der Waals surface area (Å²) in [7, 11) is 3.89. The number of carbonyl (C=O) groups excluding carboxylic acids is 3. The zero-order valence-electron chi connectivity index (χ0n) is 24.4. The number of benzene rings is 2. The number of nitrogens with one attached hydrogen (secondary N) is 2. The highest BCUT2D eigenvalue weighted by Crippen LogP contribution is 2.46. The third-order valence-corrected chi connectivity index (χ3v) is 8.82. The first-order valence-corrected chi connectivity index (χ1v) is 15.2. The van der Waals surface area contributed by atoms with Crippen molar-refractivity contribution in [1.82, 2.24) is 20.1 Å². The predicted molar refractivity (Wildman–Crippen MR) is 169 cm³/mol. The summed E-state index contributed by atoms with van der Waals surface area (Å²) in [4.78, 5) is 50.9. The van der Waals surface area contributed by atoms with Crippen LogP contribution in [0.1, 0.15) is 34.5 Å². The van der Waals surface area contributed by atoms with Crippen LogP contribution in [0, 0.1) is 6.92 Å². The second kappa shape index (κ2) is 12.0. The summed E-state index contributed by atoms with van der Waals surface area (Å²) in [5.74, 6) is 1.22. The van der Waals surface area contributed by atoms with Gasteiger partial charge in [0.1, 0.15) is 21.2 Å². The number of nitrogens with zero attached hydrogens (tertiary/aromatic N) is 4. The number of carbonyl (C=O) groups is 3. The van der Waals surface area contributed by atoms with E-state index < -0.39 is 0 Å². The van der Waals surface area contributed by atoms with Gasteiger partial charge in [0, 0.05) is 38.3 Å². The number of hydrogen-bond donors (Lipinski definition) is 2. The van der Waals surface area contributed by atoms with E-state index in [1.807, 2.05) is 79.3 Å². The fourth-order valence-electron chi connectivity index (χ4n) is 5.60. The number of pyridine rings is 1. The van der Waals surface area contributed by atoms with E-state index >= 15 is 0 Å². The van der Waals surface area contributed by atoms with Crippen molar-refractivity contribution < 1.29 is 19.1 Å². The Bertz CT molecular complexity index is 1690. The van der Waals surface area contributed by atoms with E-state index in [2.05, 4.69) is 15.6 Å². The molecule has 6 rings (SSSR count). The number of aryl methyl sites for hydroxylation is 1. The van der Waals surface area contributed by atoms with Crippen LogP contribution in [0.5, 0.6) is 11.5 Å². The largest absolute Gasteiger partial charge is 0.457 e. The number of para-hydroxylation sites is 1. The van der Waals surface area contributed by atoms with Crippen molar-refractivity contribution in [2.24, 2.45) is 0 Å². The first kappa shape index (κ1) is 28.6. The fraction of sp³-hybridized carbons (Fsp3) is 0.312. The molecule has 43 heavy (non-hydrogen) atoms. The smallest absolute Gasteiger partial charge is 0.331 e. The molecule has 4 amide bonds. The van der Waals surface area contributed by atoms with Gasteiger partial charge in [0.15, 0.2) is 0 Å². The first-order chi connectivity index (χ1) is 20.8. The maximum absolute atomic E-state index is 13.6. The topological polar surface area (TPSA) is 107 Å². The molecule has 4 heterocycles. The molecule has 1 saturated heterocycles. The quantitative estimate of drug-likeness (QED) is 0.267. The van der Waals surface area contributed by atoms with E-state index in [0.29, 0.717) is 58.6 Å². The van der Waals surface area contributed by atoms with E-state index in [1.165, 1.54) is 11.3 Å². The maximum atomic E-state index is 13.6. The third-order valence-electron chi connectivity index (χ3n) is 7.72. The lowest BCUT2D eigenvalue weighted by atomic mass is 10.0. The molecule has 2 aromatic heterocycles. The summed E-state index contributed by atoms with van der Waals surface area (Å²) in [6.45, 7) is 3.80. The zero-order valence-corrected chi connectivity index (χ0v) is 25.2. The first-order valence-electron chi connectivity index (χ1n) is 14.4. The van der Waals surface area contributed by atoms with Crippen molar-refractivity contribution in [2.75, 3.05) is 43.9 Å². The molecule has 10 nitrogen and oxygen atoms in total. The minimum absolute atomic E-state index is 0.0979. The molecule has 1 fully saturated rings. The van der Waals surface area contributed by atoms with Gasteiger partial charge < -0.3 is 25.2 Å². The number of amides is 4. The SMILES string of the molecule is Cc1cc(Oc2ccccc2)ccc1N1C(=O)Nc2c(C(=O)N[C@@H]3CCCN(C(=O)CCN(C)C)C3)sc3nccc1c23. The van der Waals surface area contributed by atoms with Gasteiger partial charge >= 0.3 is 6.03 Å². The normalized spacial score (nSPS) is 16.4. The summed E-state index contributed by atoms with van der Waals surface area (Å²) in [6, 6.07) is 16.4. The second-order valence-electron chi connectivity index (χ2n) is 11.2. The van der Waals surface area contributed by atoms with Gasteiger partial charge in [-0.15, -0.1) is 11.3 Å². The molecule has 11 heteroatoms. The zero-order chi connectivity index (χ0) is 30.1. The van der Waals surface area contributed by atoms with Crippen LogP contribution in [0.2, 0.25) is 0 Å². The van der Waals surface area contributed by atoms with Crippen LogP contribution in [-0.4, -0.2) is 72.4 Å². The summed E-state index contributed by atoms with van der Waals surface area (Å²) >= 11 is 1.25. The molecule has 2 aliphatic heterocycles. The molecule has 0 spiro atoms. The lowest BCUT2D eigenvalue weighted by Gasteiger charge is -2.33. The highest BCUT2D eigenvalue weighted by atomic mass is 32.1. The van der Waals surface area contributed by atoms with Crippen LogP contribution in [0.3, 0.4) is 0 Å². The monoisotopic (exact) mass is 598 g/mol. The van der Waals surface area contributed by atoms with Gasteiger partial charge in [-0.25, -0.2) is 9.78 Å². The van der Waals surface area contributed by atoms with Crippen molar-refractivity contribution in [3.63, 3.8) is 0 Å². The molecule has 2 aromatic carbocycles. The van der Waals surface area contributed by atoms with Gasteiger partial charge in [0.05, 0.1) is 22.4 Å². The Hall–Kier alpha value is -4.48. The van der Waals surface area contributed by atoms with Gasteiger partial charge in [0.2, 0.25) is 5.91 Å². The van der Waals surface area contributed by atoms with E-state index in [9.17, 15) is 14.4 Å². The van der Waals surface area contributed by atoms with E-state index in [4.69, 9.17) is 4.74 Å². The van der Waals surface area contributed by atoms with E-state index in [1.54, 1.807) is 17.2 Å². The fourth-order valence-corrected chi connectivity index (χ4v) is 6.62. The Morgan fingerprint density at radius 2 is 1.93 bits per heavy atom. The average Bonchev–Trinajstić information content (AvgIpc) is 3.37. The van der Waals surface area contributed by atoms with Gasteiger partial charge in [-0.05, 0) is 75.8 Å². The molecule has 0 unspecified atom stereocenters. The number of anilines is 3. The number of piperidine rings is 1. The third kappa shape index (κ3) is 5.91. The molecular formula is C32H34N6O4S. The van der Waals surface area contributed by atoms with Crippen molar-refractivity contribution in [1.29, 1.82) is 0 Å². The summed E-state index contributed by atoms with van der Waals surface area (Å²) in [6.07, 6.45) is 3.72. The molecule has 222 valence electrons. The van der Waals surface area contributed by atoms with Crippen molar-refractivity contribution in [2.45, 2.75) is 32.2 Å². The molecule has 4 aromatic rings. The van der Waals surface area contributed by atoms with Gasteiger partial charge in [-0.2, -0.15) is 0 Å². The number of hydrogen-bond acceptors (Lipinski definition) is 7. The van der Waals surface area contributed by atoms with Crippen molar-refractivity contribution in [3.05, 3.63) is 71.2 Å². The Kier molecular flexibility index (Phi) is 8.00. The van der Waals surface area contributed by atoms with Crippen LogP contribution in [0.15, 0.2) is 60.8 Å². The minimum atomic E-state index is -0.359. The number of thiophene rings is 1.